The van der Waals surface area contributed by atoms with Crippen molar-refractivity contribution in [2.24, 2.45) is 0 Å². The number of furan rings is 1. The molecule has 7 aromatic carbocycles. The molecule has 0 radical (unpaired) electrons. The maximum atomic E-state index is 6.70. The molecule has 2 heterocycles. The van der Waals surface area contributed by atoms with E-state index < -0.39 is 0 Å². The number of fused-ring (bicyclic) bond motifs is 7. The van der Waals surface area contributed by atoms with Gasteiger partial charge < -0.3 is 9.32 Å². The number of hydrogen-bond acceptors (Lipinski definition) is 3. The summed E-state index contributed by atoms with van der Waals surface area (Å²) in [6.45, 7) is 0. The van der Waals surface area contributed by atoms with Gasteiger partial charge in [-0.05, 0) is 88.4 Å². The number of rotatable bonds is 5. The molecule has 10 rings (SSSR count). The van der Waals surface area contributed by atoms with Crippen molar-refractivity contribution < 1.29 is 4.42 Å². The molecule has 9 aromatic rings. The summed E-state index contributed by atoms with van der Waals surface area (Å²) < 4.78 is 9.37. The molecule has 49 heavy (non-hydrogen) atoms. The van der Waals surface area contributed by atoms with Gasteiger partial charge in [0.2, 0.25) is 0 Å². The Hall–Kier alpha value is -5.90. The zero-order valence-electron chi connectivity index (χ0n) is 26.8. The number of hydrogen-bond donors (Lipinski definition) is 0. The Balaban J connectivity index is 1.24. The summed E-state index contributed by atoms with van der Waals surface area (Å²) in [4.78, 5) is 2.44. The van der Waals surface area contributed by atoms with Crippen molar-refractivity contribution in [2.75, 3.05) is 4.90 Å². The van der Waals surface area contributed by atoms with Gasteiger partial charge in [0.1, 0.15) is 5.58 Å². The van der Waals surface area contributed by atoms with Gasteiger partial charge in [0.05, 0.1) is 5.69 Å². The smallest absolute Gasteiger partial charge is 0.159 e. The van der Waals surface area contributed by atoms with Crippen LogP contribution >= 0.6 is 11.3 Å². The first-order chi connectivity index (χ1) is 24.3. The second kappa shape index (κ2) is 11.4. The Kier molecular flexibility index (Phi) is 6.53. The number of nitrogens with zero attached hydrogens (tertiary/aromatic N) is 1. The molecular formula is C46H31NOS. The van der Waals surface area contributed by atoms with Crippen LogP contribution in [0.2, 0.25) is 0 Å². The van der Waals surface area contributed by atoms with Crippen molar-refractivity contribution in [3.05, 3.63) is 175 Å². The molecule has 0 bridgehead atoms. The Morgan fingerprint density at radius 3 is 2.29 bits per heavy atom. The highest BCUT2D eigenvalue weighted by Crippen LogP contribution is 2.46. The molecule has 2 aromatic heterocycles. The molecule has 0 N–H and O–H groups in total. The van der Waals surface area contributed by atoms with Crippen molar-refractivity contribution in [2.45, 2.75) is 12.8 Å². The fourth-order valence-electron chi connectivity index (χ4n) is 7.63. The van der Waals surface area contributed by atoms with Crippen LogP contribution in [0.3, 0.4) is 0 Å². The minimum atomic E-state index is 0.894. The van der Waals surface area contributed by atoms with E-state index >= 15 is 0 Å². The van der Waals surface area contributed by atoms with Crippen LogP contribution in [0.25, 0.3) is 69.6 Å². The minimum Gasteiger partial charge on any atom is -0.454 e. The Morgan fingerprint density at radius 1 is 0.571 bits per heavy atom. The number of para-hydroxylation sites is 2. The van der Waals surface area contributed by atoms with E-state index in [1.807, 2.05) is 17.4 Å². The third-order valence-corrected chi connectivity index (χ3v) is 11.1. The van der Waals surface area contributed by atoms with E-state index in [4.69, 9.17) is 4.42 Å². The quantitative estimate of drug-likeness (QED) is 0.185. The molecule has 0 fully saturated rings. The van der Waals surface area contributed by atoms with E-state index in [-0.39, 0.29) is 0 Å². The van der Waals surface area contributed by atoms with Gasteiger partial charge in [-0.25, -0.2) is 0 Å². The van der Waals surface area contributed by atoms with Crippen molar-refractivity contribution in [1.29, 1.82) is 0 Å². The summed E-state index contributed by atoms with van der Waals surface area (Å²) in [7, 11) is 0. The first-order valence-electron chi connectivity index (χ1n) is 16.9. The fraction of sp³-hybridized carbons (Fsp3) is 0.0435. The van der Waals surface area contributed by atoms with Crippen molar-refractivity contribution in [1.82, 2.24) is 0 Å². The average Bonchev–Trinajstić information content (AvgIpc) is 3.74. The SMILES string of the molecule is C1=CC(N(c2cccc(-c3ccc4ccccc4c3)c2)c2cccc3c2oc2ccccc23)=C(c2cccc3c2sc2ccccc23)CC1. The molecule has 3 heteroatoms. The largest absolute Gasteiger partial charge is 0.454 e. The lowest BCUT2D eigenvalue weighted by molar-refractivity contribution is 0.669. The highest BCUT2D eigenvalue weighted by Gasteiger charge is 2.25. The maximum Gasteiger partial charge on any atom is 0.159 e. The molecule has 0 saturated heterocycles. The van der Waals surface area contributed by atoms with Crippen LogP contribution in [0.4, 0.5) is 11.4 Å². The standard InChI is InChI=1S/C46H31NOS/c1-2-13-31-28-33(27-26-30(31)12-1)32-14-9-15-34(29-32)47(42-23-11-19-38-36-17-4-7-24-43(36)48-45(38)42)41-22-6-3-16-35(41)39-20-10-21-40-37-18-5-8-25-44(37)49-46(39)40/h1-2,4-15,17-29H,3,16H2. The first-order valence-corrected chi connectivity index (χ1v) is 17.7. The molecule has 0 spiro atoms. The molecule has 0 atom stereocenters. The van der Waals surface area contributed by atoms with E-state index in [9.17, 15) is 0 Å². The average molecular weight is 646 g/mol. The second-order valence-electron chi connectivity index (χ2n) is 12.8. The molecule has 2 nitrogen and oxygen atoms in total. The summed E-state index contributed by atoms with van der Waals surface area (Å²) in [5.41, 5.74) is 10.1. The Bertz CT molecular complexity index is 2790. The first kappa shape index (κ1) is 28.1. The second-order valence-corrected chi connectivity index (χ2v) is 13.8. The summed E-state index contributed by atoms with van der Waals surface area (Å²) in [6, 6.07) is 54.8. The molecular weight excluding hydrogens is 615 g/mol. The number of allylic oxidation sites excluding steroid dienone is 3. The Labute approximate surface area is 288 Å². The van der Waals surface area contributed by atoms with Crippen LogP contribution in [-0.2, 0) is 0 Å². The zero-order chi connectivity index (χ0) is 32.3. The number of anilines is 2. The van der Waals surface area contributed by atoms with Crippen LogP contribution in [0.15, 0.2) is 174 Å². The van der Waals surface area contributed by atoms with Gasteiger partial charge >= 0.3 is 0 Å². The van der Waals surface area contributed by atoms with Gasteiger partial charge in [0.15, 0.2) is 5.58 Å². The molecule has 0 amide bonds. The monoisotopic (exact) mass is 645 g/mol. The lowest BCUT2D eigenvalue weighted by atomic mass is 9.92. The van der Waals surface area contributed by atoms with Crippen LogP contribution in [-0.4, -0.2) is 0 Å². The number of thiophene rings is 1. The van der Waals surface area contributed by atoms with Crippen molar-refractivity contribution in [3.63, 3.8) is 0 Å². The summed E-state index contributed by atoms with van der Waals surface area (Å²) in [6.07, 6.45) is 6.61. The highest BCUT2D eigenvalue weighted by molar-refractivity contribution is 7.26. The molecule has 0 aliphatic heterocycles. The fourth-order valence-corrected chi connectivity index (χ4v) is 8.87. The van der Waals surface area contributed by atoms with Gasteiger partial charge in [0.25, 0.3) is 0 Å². The predicted molar refractivity (Wildman–Crippen MR) is 210 cm³/mol. The maximum absolute atomic E-state index is 6.70. The predicted octanol–water partition coefficient (Wildman–Crippen LogP) is 13.7. The van der Waals surface area contributed by atoms with E-state index in [1.54, 1.807) is 0 Å². The molecule has 0 saturated carbocycles. The van der Waals surface area contributed by atoms with Crippen LogP contribution in [0.5, 0.6) is 0 Å². The topological polar surface area (TPSA) is 16.4 Å². The van der Waals surface area contributed by atoms with Gasteiger partial charge in [-0.15, -0.1) is 11.3 Å². The molecule has 1 aliphatic carbocycles. The zero-order valence-corrected chi connectivity index (χ0v) is 27.6. The minimum absolute atomic E-state index is 0.894. The van der Waals surface area contributed by atoms with Crippen molar-refractivity contribution in [3.8, 4) is 11.1 Å². The molecule has 1 aliphatic rings. The lowest BCUT2D eigenvalue weighted by Gasteiger charge is -2.31. The third kappa shape index (κ3) is 4.62. The summed E-state index contributed by atoms with van der Waals surface area (Å²) in [5, 5.41) is 7.39. The summed E-state index contributed by atoms with van der Waals surface area (Å²) in [5.74, 6) is 0. The summed E-state index contributed by atoms with van der Waals surface area (Å²) >= 11 is 1.90. The lowest BCUT2D eigenvalue weighted by Crippen LogP contribution is -2.18. The Morgan fingerprint density at radius 2 is 1.33 bits per heavy atom. The van der Waals surface area contributed by atoms with Crippen molar-refractivity contribution >= 4 is 81.2 Å². The van der Waals surface area contributed by atoms with E-state index in [0.717, 1.165) is 46.2 Å². The highest BCUT2D eigenvalue weighted by atomic mass is 32.1. The van der Waals surface area contributed by atoms with E-state index in [0.29, 0.717) is 0 Å². The van der Waals surface area contributed by atoms with Gasteiger partial charge in [-0.3, -0.25) is 0 Å². The van der Waals surface area contributed by atoms with Gasteiger partial charge in [0, 0.05) is 42.3 Å². The van der Waals surface area contributed by atoms with Crippen LogP contribution in [0.1, 0.15) is 18.4 Å². The van der Waals surface area contributed by atoms with E-state index in [2.05, 4.69) is 163 Å². The molecule has 232 valence electrons. The number of benzene rings is 7. The van der Waals surface area contributed by atoms with Crippen LogP contribution < -0.4 is 4.90 Å². The van der Waals surface area contributed by atoms with Gasteiger partial charge in [-0.2, -0.15) is 0 Å². The molecule has 0 unspecified atom stereocenters. The van der Waals surface area contributed by atoms with Crippen LogP contribution in [0, 0.1) is 0 Å². The van der Waals surface area contributed by atoms with E-state index in [1.165, 1.54) is 58.9 Å². The van der Waals surface area contributed by atoms with Gasteiger partial charge in [-0.1, -0.05) is 121 Å². The normalized spacial score (nSPS) is 13.4. The third-order valence-electron chi connectivity index (χ3n) is 9.93.